The molecule has 3 nitrogen and oxygen atoms in total. The molecule has 1 fully saturated rings. The lowest BCUT2D eigenvalue weighted by Gasteiger charge is -2.32. The Balaban J connectivity index is 1.96. The number of furan rings is 1. The first-order chi connectivity index (χ1) is 7.85. The van der Waals surface area contributed by atoms with Crippen LogP contribution in [0.4, 0.5) is 0 Å². The van der Waals surface area contributed by atoms with Crippen LogP contribution in [-0.4, -0.2) is 0 Å². The number of hydrogen-bond donors (Lipinski definition) is 2. The van der Waals surface area contributed by atoms with Gasteiger partial charge in [-0.2, -0.15) is 0 Å². The lowest BCUT2D eigenvalue weighted by atomic mass is 9.77. The van der Waals surface area contributed by atoms with E-state index in [1.165, 1.54) is 32.1 Å². The van der Waals surface area contributed by atoms with Crippen molar-refractivity contribution in [3.8, 4) is 0 Å². The highest BCUT2D eigenvalue weighted by molar-refractivity contribution is 5.06. The summed E-state index contributed by atoms with van der Waals surface area (Å²) in [6, 6.07) is 4.13. The highest BCUT2D eigenvalue weighted by Gasteiger charge is 2.28. The fourth-order valence-corrected chi connectivity index (χ4v) is 2.85. The molecule has 3 heteroatoms. The molecule has 0 bridgehead atoms. The average molecular weight is 222 g/mol. The van der Waals surface area contributed by atoms with Gasteiger partial charge in [-0.05, 0) is 36.8 Å². The summed E-state index contributed by atoms with van der Waals surface area (Å²) in [6.07, 6.45) is 8.22. The third kappa shape index (κ3) is 2.47. The summed E-state index contributed by atoms with van der Waals surface area (Å²) in [7, 11) is 0. The van der Waals surface area contributed by atoms with E-state index in [2.05, 4.69) is 12.3 Å². The van der Waals surface area contributed by atoms with Crippen LogP contribution < -0.4 is 11.3 Å². The second kappa shape index (κ2) is 5.51. The van der Waals surface area contributed by atoms with Crippen molar-refractivity contribution in [3.05, 3.63) is 24.2 Å². The van der Waals surface area contributed by atoms with E-state index >= 15 is 0 Å². The van der Waals surface area contributed by atoms with E-state index in [0.29, 0.717) is 5.92 Å². The van der Waals surface area contributed by atoms with Crippen LogP contribution in [0.25, 0.3) is 0 Å². The smallest absolute Gasteiger partial charge is 0.122 e. The summed E-state index contributed by atoms with van der Waals surface area (Å²) < 4.78 is 5.45. The average Bonchev–Trinajstić information content (AvgIpc) is 2.85. The van der Waals surface area contributed by atoms with Crippen LogP contribution in [0.1, 0.15) is 50.8 Å². The monoisotopic (exact) mass is 222 g/mol. The molecule has 1 heterocycles. The summed E-state index contributed by atoms with van der Waals surface area (Å²) in [6.45, 7) is 2.29. The topological polar surface area (TPSA) is 51.2 Å². The normalized spacial score (nSPS) is 27.9. The van der Waals surface area contributed by atoms with E-state index in [0.717, 1.165) is 11.7 Å². The van der Waals surface area contributed by atoms with Gasteiger partial charge in [0.2, 0.25) is 0 Å². The van der Waals surface area contributed by atoms with Gasteiger partial charge < -0.3 is 4.42 Å². The first-order valence-electron chi connectivity index (χ1n) is 6.34. The van der Waals surface area contributed by atoms with Gasteiger partial charge in [0.05, 0.1) is 12.3 Å². The number of hydrazine groups is 1. The van der Waals surface area contributed by atoms with Crippen molar-refractivity contribution < 1.29 is 4.42 Å². The number of nitrogens with one attached hydrogen (secondary N) is 1. The van der Waals surface area contributed by atoms with Gasteiger partial charge >= 0.3 is 0 Å². The van der Waals surface area contributed by atoms with Crippen molar-refractivity contribution in [2.75, 3.05) is 0 Å². The Bertz CT molecular complexity index is 289. The molecule has 16 heavy (non-hydrogen) atoms. The SMILES string of the molecule is CCC1CCC(C(NN)c2ccco2)CC1. The minimum atomic E-state index is 0.188. The molecule has 1 atom stereocenters. The largest absolute Gasteiger partial charge is 0.468 e. The van der Waals surface area contributed by atoms with Crippen molar-refractivity contribution in [3.63, 3.8) is 0 Å². The quantitative estimate of drug-likeness (QED) is 0.608. The zero-order valence-electron chi connectivity index (χ0n) is 9.99. The molecule has 0 spiro atoms. The fraction of sp³-hybridized carbons (Fsp3) is 0.692. The maximum atomic E-state index is 5.65. The minimum absolute atomic E-state index is 0.188. The third-order valence-corrected chi connectivity index (χ3v) is 3.97. The summed E-state index contributed by atoms with van der Waals surface area (Å²) in [5, 5.41) is 0. The van der Waals surface area contributed by atoms with Gasteiger partial charge in [0.1, 0.15) is 5.76 Å². The highest BCUT2D eigenvalue weighted by atomic mass is 16.3. The van der Waals surface area contributed by atoms with Gasteiger partial charge in [0.25, 0.3) is 0 Å². The summed E-state index contributed by atoms with van der Waals surface area (Å²) in [5.41, 5.74) is 2.91. The maximum absolute atomic E-state index is 5.65. The molecule has 0 amide bonds. The predicted octanol–water partition coefficient (Wildman–Crippen LogP) is 3.00. The van der Waals surface area contributed by atoms with E-state index < -0.39 is 0 Å². The van der Waals surface area contributed by atoms with Gasteiger partial charge in [0.15, 0.2) is 0 Å². The molecular weight excluding hydrogens is 200 g/mol. The molecular formula is C13H22N2O. The van der Waals surface area contributed by atoms with Gasteiger partial charge in [-0.15, -0.1) is 0 Å². The molecule has 1 aliphatic carbocycles. The Kier molecular flexibility index (Phi) is 4.02. The Morgan fingerprint density at radius 2 is 2.19 bits per heavy atom. The molecule has 0 aromatic carbocycles. The molecule has 90 valence electrons. The van der Waals surface area contributed by atoms with Gasteiger partial charge in [-0.1, -0.05) is 26.2 Å². The van der Waals surface area contributed by atoms with Crippen LogP contribution in [0, 0.1) is 11.8 Å². The molecule has 2 rings (SSSR count). The molecule has 0 saturated heterocycles. The predicted molar refractivity (Wildman–Crippen MR) is 64.5 cm³/mol. The molecule has 1 aromatic heterocycles. The first-order valence-corrected chi connectivity index (χ1v) is 6.34. The van der Waals surface area contributed by atoms with Crippen molar-refractivity contribution >= 4 is 0 Å². The Morgan fingerprint density at radius 1 is 1.44 bits per heavy atom. The van der Waals surface area contributed by atoms with E-state index in [-0.39, 0.29) is 6.04 Å². The molecule has 1 saturated carbocycles. The third-order valence-electron chi connectivity index (χ3n) is 3.97. The summed E-state index contributed by atoms with van der Waals surface area (Å²) in [4.78, 5) is 0. The van der Waals surface area contributed by atoms with Crippen LogP contribution in [0.2, 0.25) is 0 Å². The number of nitrogens with two attached hydrogens (primary N) is 1. The van der Waals surface area contributed by atoms with Crippen LogP contribution in [-0.2, 0) is 0 Å². The highest BCUT2D eigenvalue weighted by Crippen LogP contribution is 2.37. The Labute approximate surface area is 97.4 Å². The van der Waals surface area contributed by atoms with E-state index in [9.17, 15) is 0 Å². The number of rotatable bonds is 4. The fourth-order valence-electron chi connectivity index (χ4n) is 2.85. The summed E-state index contributed by atoms with van der Waals surface area (Å²) >= 11 is 0. The Hall–Kier alpha value is -0.800. The molecule has 1 aromatic rings. The maximum Gasteiger partial charge on any atom is 0.122 e. The standard InChI is InChI=1S/C13H22N2O/c1-2-10-5-7-11(8-6-10)13(15-14)12-4-3-9-16-12/h3-4,9-11,13,15H,2,5-8,14H2,1H3. The lowest BCUT2D eigenvalue weighted by molar-refractivity contribution is 0.203. The van der Waals surface area contributed by atoms with Gasteiger partial charge in [-0.3, -0.25) is 5.84 Å². The van der Waals surface area contributed by atoms with Gasteiger partial charge in [0, 0.05) is 0 Å². The molecule has 3 N–H and O–H groups in total. The van der Waals surface area contributed by atoms with Crippen molar-refractivity contribution in [1.82, 2.24) is 5.43 Å². The van der Waals surface area contributed by atoms with E-state index in [1.807, 2.05) is 12.1 Å². The van der Waals surface area contributed by atoms with Crippen LogP contribution >= 0.6 is 0 Å². The molecule has 1 aliphatic rings. The zero-order valence-corrected chi connectivity index (χ0v) is 9.99. The molecule has 1 unspecified atom stereocenters. The zero-order chi connectivity index (χ0) is 11.4. The second-order valence-corrected chi connectivity index (χ2v) is 4.85. The molecule has 0 radical (unpaired) electrons. The minimum Gasteiger partial charge on any atom is -0.468 e. The van der Waals surface area contributed by atoms with Crippen molar-refractivity contribution in [1.29, 1.82) is 0 Å². The van der Waals surface area contributed by atoms with Crippen molar-refractivity contribution in [2.24, 2.45) is 17.7 Å². The van der Waals surface area contributed by atoms with Crippen LogP contribution in [0.15, 0.2) is 22.8 Å². The van der Waals surface area contributed by atoms with Crippen LogP contribution in [0.5, 0.6) is 0 Å². The van der Waals surface area contributed by atoms with E-state index in [4.69, 9.17) is 10.3 Å². The van der Waals surface area contributed by atoms with Gasteiger partial charge in [-0.25, -0.2) is 5.43 Å². The van der Waals surface area contributed by atoms with E-state index in [1.54, 1.807) is 6.26 Å². The number of hydrogen-bond acceptors (Lipinski definition) is 3. The molecule has 0 aliphatic heterocycles. The summed E-state index contributed by atoms with van der Waals surface area (Å²) in [5.74, 6) is 8.17. The Morgan fingerprint density at radius 3 is 2.69 bits per heavy atom. The van der Waals surface area contributed by atoms with Crippen LogP contribution in [0.3, 0.4) is 0 Å². The lowest BCUT2D eigenvalue weighted by Crippen LogP contribution is -2.35. The van der Waals surface area contributed by atoms with Crippen molar-refractivity contribution in [2.45, 2.75) is 45.1 Å². The second-order valence-electron chi connectivity index (χ2n) is 4.85. The first kappa shape index (κ1) is 11.7.